The average molecular weight is 265 g/mol. The summed E-state index contributed by atoms with van der Waals surface area (Å²) < 4.78 is 1.87. The lowest BCUT2D eigenvalue weighted by atomic mass is 10.2. The Labute approximate surface area is 110 Å². The molecule has 0 spiro atoms. The molecule has 1 heterocycles. The number of aryl methyl sites for hydroxylation is 1. The molecule has 0 radical (unpaired) electrons. The largest absolute Gasteiger partial charge is 0.345 e. The fraction of sp³-hybridized carbons (Fsp3) is 0.250. The second kappa shape index (κ2) is 5.64. The van der Waals surface area contributed by atoms with E-state index >= 15 is 0 Å². The number of carbonyl (C=O) groups excluding carboxylic acids is 1. The number of nitrogens with zero attached hydrogens (tertiary/aromatic N) is 3. The minimum atomic E-state index is -0.216. The molecule has 0 aliphatic heterocycles. The molecule has 0 bridgehead atoms. The predicted molar refractivity (Wildman–Crippen MR) is 68.3 cm³/mol. The molecule has 2 rings (SSSR count). The van der Waals surface area contributed by atoms with Gasteiger partial charge in [-0.3, -0.25) is 4.79 Å². The number of halogens is 1. The number of nitrogens with one attached hydrogen (secondary N) is 1. The molecule has 0 atom stereocenters. The van der Waals surface area contributed by atoms with Crippen LogP contribution in [0.1, 0.15) is 23.1 Å². The number of aromatic nitrogens is 3. The van der Waals surface area contributed by atoms with Crippen LogP contribution in [-0.4, -0.2) is 20.7 Å². The van der Waals surface area contributed by atoms with E-state index in [1.165, 1.54) is 0 Å². The Kier molecular flexibility index (Phi) is 3.94. The third kappa shape index (κ3) is 2.68. The van der Waals surface area contributed by atoms with Crippen LogP contribution in [0.25, 0.3) is 0 Å². The van der Waals surface area contributed by atoms with Crippen LogP contribution in [0.3, 0.4) is 0 Å². The summed E-state index contributed by atoms with van der Waals surface area (Å²) >= 11 is 5.94. The smallest absolute Gasteiger partial charge is 0.253 e. The van der Waals surface area contributed by atoms with Crippen LogP contribution in [0, 0.1) is 0 Å². The second-order valence-corrected chi connectivity index (χ2v) is 4.10. The normalized spacial score (nSPS) is 10.3. The van der Waals surface area contributed by atoms with E-state index in [-0.39, 0.29) is 5.91 Å². The Morgan fingerprint density at radius 2 is 2.22 bits per heavy atom. The topological polar surface area (TPSA) is 59.8 Å². The van der Waals surface area contributed by atoms with Crippen LogP contribution in [0.2, 0.25) is 5.02 Å². The molecule has 18 heavy (non-hydrogen) atoms. The van der Waals surface area contributed by atoms with Gasteiger partial charge in [0, 0.05) is 6.54 Å². The fourth-order valence-electron chi connectivity index (χ4n) is 1.58. The Balaban J connectivity index is 2.03. The van der Waals surface area contributed by atoms with E-state index in [1.807, 2.05) is 11.5 Å². The molecule has 1 aromatic carbocycles. The maximum atomic E-state index is 11.9. The summed E-state index contributed by atoms with van der Waals surface area (Å²) in [5.74, 6) is 0.504. The number of rotatable bonds is 4. The highest BCUT2D eigenvalue weighted by Crippen LogP contribution is 2.14. The standard InChI is InChI=1S/C12H13ClN4O/c1-2-17-8-15-16-11(17)7-14-12(18)9-5-3-4-6-10(9)13/h3-6,8H,2,7H2,1H3,(H,14,18). The van der Waals surface area contributed by atoms with Crippen LogP contribution < -0.4 is 5.32 Å². The summed E-state index contributed by atoms with van der Waals surface area (Å²) in [5, 5.41) is 10.9. The molecule has 1 amide bonds. The predicted octanol–water partition coefficient (Wildman–Crippen LogP) is 1.88. The number of benzene rings is 1. The molecule has 6 heteroatoms. The number of hydrogen-bond acceptors (Lipinski definition) is 3. The molecular formula is C12H13ClN4O. The SMILES string of the molecule is CCn1cnnc1CNC(=O)c1ccccc1Cl. The molecule has 94 valence electrons. The van der Waals surface area contributed by atoms with Crippen LogP contribution in [0.15, 0.2) is 30.6 Å². The molecule has 1 N–H and O–H groups in total. The zero-order valence-electron chi connectivity index (χ0n) is 9.93. The maximum absolute atomic E-state index is 11.9. The van der Waals surface area contributed by atoms with Crippen molar-refractivity contribution in [1.82, 2.24) is 20.1 Å². The lowest BCUT2D eigenvalue weighted by Crippen LogP contribution is -2.24. The molecule has 0 saturated heterocycles. The van der Waals surface area contributed by atoms with E-state index in [4.69, 9.17) is 11.6 Å². The lowest BCUT2D eigenvalue weighted by Gasteiger charge is -2.07. The summed E-state index contributed by atoms with van der Waals surface area (Å²) in [4.78, 5) is 11.9. The zero-order chi connectivity index (χ0) is 13.0. The van der Waals surface area contributed by atoms with Crippen LogP contribution in [-0.2, 0) is 13.1 Å². The van der Waals surface area contributed by atoms with Gasteiger partial charge in [0.15, 0.2) is 5.82 Å². The highest BCUT2D eigenvalue weighted by Gasteiger charge is 2.10. The van der Waals surface area contributed by atoms with Crippen molar-refractivity contribution in [2.75, 3.05) is 0 Å². The second-order valence-electron chi connectivity index (χ2n) is 3.70. The van der Waals surface area contributed by atoms with E-state index in [0.717, 1.165) is 12.4 Å². The first-order valence-electron chi connectivity index (χ1n) is 5.61. The first kappa shape index (κ1) is 12.6. The first-order valence-corrected chi connectivity index (χ1v) is 5.99. The van der Waals surface area contributed by atoms with E-state index in [9.17, 15) is 4.79 Å². The van der Waals surface area contributed by atoms with Gasteiger partial charge in [-0.05, 0) is 19.1 Å². The fourth-order valence-corrected chi connectivity index (χ4v) is 1.80. The molecule has 0 fully saturated rings. The third-order valence-electron chi connectivity index (χ3n) is 2.56. The minimum Gasteiger partial charge on any atom is -0.345 e. The third-order valence-corrected chi connectivity index (χ3v) is 2.89. The van der Waals surface area contributed by atoms with E-state index in [0.29, 0.717) is 17.1 Å². The summed E-state index contributed by atoms with van der Waals surface area (Å²) in [7, 11) is 0. The van der Waals surface area contributed by atoms with E-state index < -0.39 is 0 Å². The molecule has 0 unspecified atom stereocenters. The van der Waals surface area contributed by atoms with Crippen molar-refractivity contribution in [2.45, 2.75) is 20.0 Å². The van der Waals surface area contributed by atoms with Crippen molar-refractivity contribution in [3.8, 4) is 0 Å². The highest BCUT2D eigenvalue weighted by atomic mass is 35.5. The maximum Gasteiger partial charge on any atom is 0.253 e. The molecule has 5 nitrogen and oxygen atoms in total. The van der Waals surface area contributed by atoms with Crippen LogP contribution >= 0.6 is 11.6 Å². The Morgan fingerprint density at radius 1 is 1.44 bits per heavy atom. The van der Waals surface area contributed by atoms with Crippen molar-refractivity contribution >= 4 is 17.5 Å². The Hall–Kier alpha value is -1.88. The first-order chi connectivity index (χ1) is 8.72. The molecule has 1 aromatic heterocycles. The van der Waals surface area contributed by atoms with Gasteiger partial charge in [-0.25, -0.2) is 0 Å². The van der Waals surface area contributed by atoms with Gasteiger partial charge < -0.3 is 9.88 Å². The van der Waals surface area contributed by atoms with Gasteiger partial charge >= 0.3 is 0 Å². The summed E-state index contributed by atoms with van der Waals surface area (Å²) in [6, 6.07) is 6.93. The van der Waals surface area contributed by atoms with Crippen molar-refractivity contribution in [3.63, 3.8) is 0 Å². The molecule has 0 aliphatic rings. The molecule has 0 aliphatic carbocycles. The van der Waals surface area contributed by atoms with Crippen molar-refractivity contribution in [1.29, 1.82) is 0 Å². The van der Waals surface area contributed by atoms with Gasteiger partial charge in [-0.1, -0.05) is 23.7 Å². The summed E-state index contributed by atoms with van der Waals surface area (Å²) in [6.45, 7) is 3.09. The number of carbonyl (C=O) groups is 1. The van der Waals surface area contributed by atoms with Gasteiger partial charge in [-0.2, -0.15) is 0 Å². The Morgan fingerprint density at radius 3 is 2.94 bits per heavy atom. The summed E-state index contributed by atoms with van der Waals surface area (Å²) in [6.07, 6.45) is 1.64. The van der Waals surface area contributed by atoms with Crippen LogP contribution in [0.4, 0.5) is 0 Å². The van der Waals surface area contributed by atoms with Gasteiger partial charge in [0.25, 0.3) is 5.91 Å². The van der Waals surface area contributed by atoms with Crippen molar-refractivity contribution in [3.05, 3.63) is 47.0 Å². The van der Waals surface area contributed by atoms with Crippen LogP contribution in [0.5, 0.6) is 0 Å². The quantitative estimate of drug-likeness (QED) is 0.917. The number of hydrogen-bond donors (Lipinski definition) is 1. The van der Waals surface area contributed by atoms with Gasteiger partial charge in [-0.15, -0.1) is 10.2 Å². The summed E-state index contributed by atoms with van der Waals surface area (Å²) in [5.41, 5.74) is 0.460. The molecule has 0 saturated carbocycles. The van der Waals surface area contributed by atoms with Crippen molar-refractivity contribution < 1.29 is 4.79 Å². The van der Waals surface area contributed by atoms with Crippen molar-refractivity contribution in [2.24, 2.45) is 0 Å². The van der Waals surface area contributed by atoms with E-state index in [2.05, 4.69) is 15.5 Å². The van der Waals surface area contributed by atoms with E-state index in [1.54, 1.807) is 30.6 Å². The number of amides is 1. The minimum absolute atomic E-state index is 0.216. The Bertz CT molecular complexity index is 553. The molecule has 2 aromatic rings. The van der Waals surface area contributed by atoms with Gasteiger partial charge in [0.2, 0.25) is 0 Å². The molecular weight excluding hydrogens is 252 g/mol. The van der Waals surface area contributed by atoms with Gasteiger partial charge in [0.1, 0.15) is 6.33 Å². The van der Waals surface area contributed by atoms with Gasteiger partial charge in [0.05, 0.1) is 17.1 Å². The average Bonchev–Trinajstić information content (AvgIpc) is 2.84. The zero-order valence-corrected chi connectivity index (χ0v) is 10.7. The highest BCUT2D eigenvalue weighted by molar-refractivity contribution is 6.33. The lowest BCUT2D eigenvalue weighted by molar-refractivity contribution is 0.0949. The monoisotopic (exact) mass is 264 g/mol.